The number of ether oxygens (including phenoxy) is 2. The Morgan fingerprint density at radius 3 is 2.47 bits per heavy atom. The van der Waals surface area contributed by atoms with E-state index in [1.807, 2.05) is 28.0 Å². The first-order chi connectivity index (χ1) is 18.4. The van der Waals surface area contributed by atoms with E-state index in [-0.39, 0.29) is 30.7 Å². The molecule has 9 nitrogen and oxygen atoms in total. The third-order valence-corrected chi connectivity index (χ3v) is 7.68. The normalized spacial score (nSPS) is 20.5. The molecule has 0 unspecified atom stereocenters. The van der Waals surface area contributed by atoms with Crippen molar-refractivity contribution in [1.29, 1.82) is 0 Å². The minimum Gasteiger partial charge on any atom is -0.481 e. The van der Waals surface area contributed by atoms with Gasteiger partial charge < -0.3 is 24.0 Å². The molecule has 2 aliphatic rings. The number of unbranched alkanes of at least 4 members (excludes halogenated alkanes) is 2. The topological polar surface area (TPSA) is 101 Å². The summed E-state index contributed by atoms with van der Waals surface area (Å²) in [6.45, 7) is 6.76. The first kappa shape index (κ1) is 27.7. The van der Waals surface area contributed by atoms with Gasteiger partial charge in [0.15, 0.2) is 11.5 Å². The number of hydrogen-bond acceptors (Lipinski definition) is 6. The predicted molar refractivity (Wildman–Crippen MR) is 144 cm³/mol. The molecule has 2 aliphatic heterocycles. The Labute approximate surface area is 224 Å². The fourth-order valence-electron chi connectivity index (χ4n) is 5.58. The molecule has 1 amide bonds. The van der Waals surface area contributed by atoms with Crippen molar-refractivity contribution in [3.8, 4) is 11.5 Å². The monoisotopic (exact) mass is 525 g/mol. The van der Waals surface area contributed by atoms with Crippen LogP contribution < -0.4 is 15.0 Å². The van der Waals surface area contributed by atoms with E-state index in [2.05, 4.69) is 13.8 Å². The largest absolute Gasteiger partial charge is 0.481 e. The van der Waals surface area contributed by atoms with Gasteiger partial charge >= 0.3 is 5.97 Å². The van der Waals surface area contributed by atoms with Gasteiger partial charge in [0.2, 0.25) is 18.3 Å². The molecule has 1 N–H and O–H groups in total. The molecule has 0 saturated carbocycles. The van der Waals surface area contributed by atoms with Gasteiger partial charge in [-0.3, -0.25) is 19.3 Å². The number of aromatic nitrogens is 1. The number of rotatable bonds is 13. The average molecular weight is 526 g/mol. The summed E-state index contributed by atoms with van der Waals surface area (Å²) in [6.07, 6.45) is 6.04. The lowest BCUT2D eigenvalue weighted by molar-refractivity contribution is -0.144. The maximum Gasteiger partial charge on any atom is 0.308 e. The van der Waals surface area contributed by atoms with Gasteiger partial charge in [-0.25, -0.2) is 0 Å². The van der Waals surface area contributed by atoms with Gasteiger partial charge in [0.05, 0.1) is 12.5 Å². The Hall–Kier alpha value is -3.33. The van der Waals surface area contributed by atoms with Gasteiger partial charge in [-0.1, -0.05) is 38.8 Å². The predicted octanol–water partition coefficient (Wildman–Crippen LogP) is 3.56. The SMILES string of the molecule is CCCCN(CCCC)C(=O)CN1C[C@H](c2ccc3c(c2)OCO3)[C@H](C(=O)O)[C@H]1CCn1ccccc1=O. The summed E-state index contributed by atoms with van der Waals surface area (Å²) in [6, 6.07) is 10.2. The molecule has 2 aromatic rings. The van der Waals surface area contributed by atoms with Crippen LogP contribution in [0.5, 0.6) is 11.5 Å². The van der Waals surface area contributed by atoms with Crippen LogP contribution in [0.25, 0.3) is 0 Å². The number of benzene rings is 1. The Bertz CT molecular complexity index is 1160. The molecule has 206 valence electrons. The van der Waals surface area contributed by atoms with Gasteiger partial charge in [-0.15, -0.1) is 0 Å². The second kappa shape index (κ2) is 13.0. The number of carboxylic acid groups (broad SMARTS) is 1. The smallest absolute Gasteiger partial charge is 0.308 e. The van der Waals surface area contributed by atoms with Crippen molar-refractivity contribution in [3.63, 3.8) is 0 Å². The zero-order chi connectivity index (χ0) is 27.1. The van der Waals surface area contributed by atoms with Crippen molar-refractivity contribution in [2.75, 3.05) is 33.0 Å². The minimum atomic E-state index is -0.901. The van der Waals surface area contributed by atoms with E-state index in [1.165, 1.54) is 6.07 Å². The van der Waals surface area contributed by atoms with E-state index >= 15 is 0 Å². The summed E-state index contributed by atoms with van der Waals surface area (Å²) < 4.78 is 12.6. The van der Waals surface area contributed by atoms with Gasteiger partial charge in [-0.2, -0.15) is 0 Å². The van der Waals surface area contributed by atoms with Crippen LogP contribution >= 0.6 is 0 Å². The third-order valence-electron chi connectivity index (χ3n) is 7.68. The fraction of sp³-hybridized carbons (Fsp3) is 0.552. The molecule has 1 fully saturated rings. The van der Waals surface area contributed by atoms with E-state index in [0.717, 1.165) is 31.2 Å². The van der Waals surface area contributed by atoms with Crippen molar-refractivity contribution in [2.45, 2.75) is 64.5 Å². The van der Waals surface area contributed by atoms with Crippen LogP contribution in [0.4, 0.5) is 0 Å². The summed E-state index contributed by atoms with van der Waals surface area (Å²) in [5.74, 6) is -0.674. The first-order valence-electron chi connectivity index (χ1n) is 13.7. The van der Waals surface area contributed by atoms with E-state index in [9.17, 15) is 19.5 Å². The highest BCUT2D eigenvalue weighted by Crippen LogP contribution is 2.42. The molecule has 1 aromatic heterocycles. The molecule has 4 rings (SSSR count). The quantitative estimate of drug-likeness (QED) is 0.427. The Balaban J connectivity index is 1.61. The highest BCUT2D eigenvalue weighted by Gasteiger charge is 2.47. The molecular weight excluding hydrogens is 486 g/mol. The maximum absolute atomic E-state index is 13.5. The molecule has 0 radical (unpaired) electrons. The first-order valence-corrected chi connectivity index (χ1v) is 13.7. The van der Waals surface area contributed by atoms with Crippen molar-refractivity contribution in [3.05, 3.63) is 58.5 Å². The summed E-state index contributed by atoms with van der Waals surface area (Å²) in [5, 5.41) is 10.4. The number of carbonyl (C=O) groups is 2. The summed E-state index contributed by atoms with van der Waals surface area (Å²) in [5.41, 5.74) is 0.727. The number of hydrogen-bond donors (Lipinski definition) is 1. The number of carbonyl (C=O) groups excluding carboxylic acids is 1. The summed E-state index contributed by atoms with van der Waals surface area (Å²) >= 11 is 0. The molecule has 9 heteroatoms. The fourth-order valence-corrected chi connectivity index (χ4v) is 5.58. The van der Waals surface area contributed by atoms with Crippen LogP contribution in [0, 0.1) is 5.92 Å². The lowest BCUT2D eigenvalue weighted by Gasteiger charge is -2.30. The zero-order valence-corrected chi connectivity index (χ0v) is 22.4. The van der Waals surface area contributed by atoms with Gasteiger partial charge in [0.25, 0.3) is 0 Å². The zero-order valence-electron chi connectivity index (χ0n) is 22.4. The van der Waals surface area contributed by atoms with E-state index in [0.29, 0.717) is 44.1 Å². The molecule has 1 saturated heterocycles. The average Bonchev–Trinajstić information content (AvgIpc) is 3.52. The number of amides is 1. The van der Waals surface area contributed by atoms with E-state index < -0.39 is 17.9 Å². The second-order valence-corrected chi connectivity index (χ2v) is 10.2. The van der Waals surface area contributed by atoms with Crippen molar-refractivity contribution < 1.29 is 24.2 Å². The standard InChI is InChI=1S/C29H39N3O6/c1-3-5-13-30(14-6-4-2)27(34)19-32-18-22(21-10-11-24-25(17-21)38-20-37-24)28(29(35)36)23(32)12-16-31-15-8-7-9-26(31)33/h7-11,15,17,22-23,28H,3-6,12-14,16,18-20H2,1-2H3,(H,35,36)/t22-,23-,28+/m1/s1. The van der Waals surface area contributed by atoms with E-state index in [4.69, 9.17) is 9.47 Å². The molecule has 0 spiro atoms. The molecule has 0 bridgehead atoms. The van der Waals surface area contributed by atoms with Crippen LogP contribution in [0.15, 0.2) is 47.4 Å². The highest BCUT2D eigenvalue weighted by molar-refractivity contribution is 5.79. The van der Waals surface area contributed by atoms with Gasteiger partial charge in [-0.05, 0) is 43.0 Å². The van der Waals surface area contributed by atoms with Crippen LogP contribution in [0.1, 0.15) is 57.4 Å². The highest BCUT2D eigenvalue weighted by atomic mass is 16.7. The lowest BCUT2D eigenvalue weighted by Crippen LogP contribution is -2.45. The minimum absolute atomic E-state index is 0.0317. The van der Waals surface area contributed by atoms with Crippen molar-refractivity contribution in [2.24, 2.45) is 5.92 Å². The van der Waals surface area contributed by atoms with Crippen molar-refractivity contribution >= 4 is 11.9 Å². The van der Waals surface area contributed by atoms with Crippen LogP contribution in [-0.4, -0.2) is 70.4 Å². The molecular formula is C29H39N3O6. The van der Waals surface area contributed by atoms with E-state index in [1.54, 1.807) is 22.9 Å². The summed E-state index contributed by atoms with van der Waals surface area (Å²) in [7, 11) is 0. The van der Waals surface area contributed by atoms with Crippen molar-refractivity contribution in [1.82, 2.24) is 14.4 Å². The Morgan fingerprint density at radius 2 is 1.79 bits per heavy atom. The molecule has 0 aliphatic carbocycles. The number of fused-ring (bicyclic) bond motifs is 1. The molecule has 3 atom stereocenters. The van der Waals surface area contributed by atoms with Crippen LogP contribution in [-0.2, 0) is 16.1 Å². The Morgan fingerprint density at radius 1 is 1.05 bits per heavy atom. The van der Waals surface area contributed by atoms with Crippen LogP contribution in [0.2, 0.25) is 0 Å². The molecule has 1 aromatic carbocycles. The molecule has 3 heterocycles. The lowest BCUT2D eigenvalue weighted by atomic mass is 9.84. The van der Waals surface area contributed by atoms with Crippen LogP contribution in [0.3, 0.4) is 0 Å². The third kappa shape index (κ3) is 6.38. The molecule has 38 heavy (non-hydrogen) atoms. The maximum atomic E-state index is 13.5. The number of pyridine rings is 1. The number of carboxylic acids is 1. The number of aryl methyl sites for hydroxylation is 1. The second-order valence-electron chi connectivity index (χ2n) is 10.2. The number of aliphatic carboxylic acids is 1. The number of nitrogens with zero attached hydrogens (tertiary/aromatic N) is 3. The summed E-state index contributed by atoms with van der Waals surface area (Å²) in [4.78, 5) is 42.5. The Kier molecular flexibility index (Phi) is 9.44. The number of likely N-dealkylation sites (tertiary alicyclic amines) is 1. The van der Waals surface area contributed by atoms with Gasteiger partial charge in [0, 0.05) is 50.4 Å². The van der Waals surface area contributed by atoms with Gasteiger partial charge in [0.1, 0.15) is 0 Å².